The fourth-order valence-electron chi connectivity index (χ4n) is 7.29. The average molecular weight is 910 g/mol. The molecule has 0 bridgehead atoms. The van der Waals surface area contributed by atoms with Gasteiger partial charge in [-0.05, 0) is 65.0 Å². The van der Waals surface area contributed by atoms with Crippen molar-refractivity contribution in [3.05, 3.63) is 136 Å². The highest BCUT2D eigenvalue weighted by molar-refractivity contribution is 7.40. The number of thiophene rings is 5. The largest absolute Gasteiger partial charge is 0.492 e. The SMILES string of the molecule is CCCCCCOc1cc(-c2sc(-c3cc4sc5cc(/C=C(/C#N)C(=O)O)sc5c4s3)cc2OCCCCCC)sc1-c1ccc(C=C(c2ccccc2)c2ccccc2)cc1. The Hall–Kier alpha value is -5.28. The monoisotopic (exact) mass is 909 g/mol. The van der Waals surface area contributed by atoms with Gasteiger partial charge in [0.15, 0.2) is 0 Å². The number of rotatable bonds is 20. The number of nitriles is 1. The van der Waals surface area contributed by atoms with Crippen molar-refractivity contribution < 1.29 is 19.4 Å². The van der Waals surface area contributed by atoms with Crippen molar-refractivity contribution in [2.24, 2.45) is 0 Å². The zero-order valence-corrected chi connectivity index (χ0v) is 38.9. The van der Waals surface area contributed by atoms with Gasteiger partial charge in [0.05, 0.1) is 37.2 Å². The second kappa shape index (κ2) is 20.7. The maximum atomic E-state index is 11.5. The van der Waals surface area contributed by atoms with Gasteiger partial charge < -0.3 is 14.6 Å². The molecule has 1 N–H and O–H groups in total. The third-order valence-electron chi connectivity index (χ3n) is 10.5. The van der Waals surface area contributed by atoms with E-state index in [9.17, 15) is 15.2 Å². The van der Waals surface area contributed by atoms with Crippen molar-refractivity contribution >= 4 is 99.2 Å². The Bertz CT molecular complexity index is 2820. The number of unbranched alkanes of at least 4 members (excludes halogenated alkanes) is 6. The Morgan fingerprint density at radius 1 is 0.613 bits per heavy atom. The highest BCUT2D eigenvalue weighted by Crippen LogP contribution is 2.53. The molecule has 0 aliphatic heterocycles. The summed E-state index contributed by atoms with van der Waals surface area (Å²) in [5.74, 6) is 0.601. The number of carbonyl (C=O) groups is 1. The number of carboxylic acid groups (broad SMARTS) is 1. The standard InChI is InChI=1S/C52H47NO4S5/c1-3-5-7-15-25-56-41-31-46(62-48(41)37-23-21-34(22-24-37)27-40(35-17-11-9-12-18-35)36-19-13-10-14-20-36)49-42(57-26-16-8-6-4-2)30-43(60-49)44-32-47-51(61-44)50-45(59-47)29-39(58-50)28-38(33-53)52(54)55/h9-14,17-24,27-32H,3-8,15-16,25-26H2,1-2H3,(H,54,55)/b38-28-. The zero-order chi connectivity index (χ0) is 42.8. The predicted octanol–water partition coefficient (Wildman–Crippen LogP) is 16.8. The molecule has 5 nitrogen and oxygen atoms in total. The summed E-state index contributed by atoms with van der Waals surface area (Å²) in [5.41, 5.74) is 5.54. The fourth-order valence-corrected chi connectivity index (χ4v) is 13.6. The lowest BCUT2D eigenvalue weighted by atomic mass is 9.95. The van der Waals surface area contributed by atoms with Gasteiger partial charge in [-0.1, -0.05) is 137 Å². The van der Waals surface area contributed by atoms with Crippen LogP contribution in [0, 0.1) is 11.3 Å². The lowest BCUT2D eigenvalue weighted by molar-refractivity contribution is -0.132. The third kappa shape index (κ3) is 10.2. The van der Waals surface area contributed by atoms with E-state index in [4.69, 9.17) is 9.47 Å². The van der Waals surface area contributed by atoms with Crippen LogP contribution in [0.2, 0.25) is 0 Å². The first kappa shape index (κ1) is 43.4. The molecule has 3 aromatic carbocycles. The summed E-state index contributed by atoms with van der Waals surface area (Å²) in [7, 11) is 0. The summed E-state index contributed by atoms with van der Waals surface area (Å²) in [6, 6.07) is 40.5. The Balaban J connectivity index is 1.15. The summed E-state index contributed by atoms with van der Waals surface area (Å²) in [4.78, 5) is 18.0. The number of carboxylic acids is 1. The quantitative estimate of drug-likeness (QED) is 0.0357. The molecule has 0 amide bonds. The second-order valence-corrected chi connectivity index (χ2v) is 20.4. The van der Waals surface area contributed by atoms with Crippen LogP contribution >= 0.6 is 56.7 Å². The van der Waals surface area contributed by atoms with Gasteiger partial charge in [-0.3, -0.25) is 0 Å². The molecule has 0 atom stereocenters. The minimum atomic E-state index is -1.21. The normalized spacial score (nSPS) is 11.6. The molecule has 5 aromatic heterocycles. The number of ether oxygens (including phenoxy) is 2. The molecule has 0 saturated heterocycles. The van der Waals surface area contributed by atoms with Gasteiger partial charge in [0.25, 0.3) is 0 Å². The van der Waals surface area contributed by atoms with E-state index < -0.39 is 5.97 Å². The topological polar surface area (TPSA) is 79.5 Å². The van der Waals surface area contributed by atoms with Crippen molar-refractivity contribution in [2.45, 2.75) is 65.2 Å². The van der Waals surface area contributed by atoms with Crippen molar-refractivity contribution in [3.63, 3.8) is 0 Å². The minimum Gasteiger partial charge on any atom is -0.492 e. The molecule has 0 spiro atoms. The second-order valence-electron chi connectivity index (χ2n) is 15.1. The number of aliphatic carboxylic acids is 1. The highest BCUT2D eigenvalue weighted by atomic mass is 32.1. The van der Waals surface area contributed by atoms with Crippen molar-refractivity contribution in [1.29, 1.82) is 5.26 Å². The van der Waals surface area contributed by atoms with Gasteiger partial charge in [0, 0.05) is 36.2 Å². The molecule has 62 heavy (non-hydrogen) atoms. The van der Waals surface area contributed by atoms with Crippen LogP contribution in [0.3, 0.4) is 0 Å². The molecule has 10 heteroatoms. The summed E-state index contributed by atoms with van der Waals surface area (Å²) >= 11 is 8.52. The van der Waals surface area contributed by atoms with E-state index >= 15 is 0 Å². The van der Waals surface area contributed by atoms with Crippen molar-refractivity contribution in [3.8, 4) is 47.5 Å². The molecule has 314 valence electrons. The van der Waals surface area contributed by atoms with E-state index in [0.29, 0.717) is 13.2 Å². The molecule has 0 aliphatic carbocycles. The first-order valence-corrected chi connectivity index (χ1v) is 25.3. The predicted molar refractivity (Wildman–Crippen MR) is 268 cm³/mol. The fraction of sp³-hybridized carbons (Fsp3) is 0.231. The summed E-state index contributed by atoms with van der Waals surface area (Å²) in [6.07, 6.45) is 12.8. The maximum absolute atomic E-state index is 11.5. The van der Waals surface area contributed by atoms with E-state index in [1.165, 1.54) is 74.1 Å². The van der Waals surface area contributed by atoms with E-state index in [1.54, 1.807) is 51.4 Å². The Labute approximate surface area is 383 Å². The first-order chi connectivity index (χ1) is 30.4. The number of fused-ring (bicyclic) bond motifs is 3. The van der Waals surface area contributed by atoms with Crippen LogP contribution in [0.5, 0.6) is 11.5 Å². The Morgan fingerprint density at radius 2 is 1.18 bits per heavy atom. The smallest absolute Gasteiger partial charge is 0.346 e. The van der Waals surface area contributed by atoms with E-state index in [0.717, 1.165) is 82.1 Å². The molecule has 0 aliphatic rings. The van der Waals surface area contributed by atoms with Crippen LogP contribution in [0.4, 0.5) is 0 Å². The van der Waals surface area contributed by atoms with E-state index in [1.807, 2.05) is 6.07 Å². The third-order valence-corrected chi connectivity index (χ3v) is 16.9. The molecule has 8 rings (SSSR count). The molecule has 0 saturated carbocycles. The number of benzene rings is 3. The van der Waals surface area contributed by atoms with E-state index in [2.05, 4.69) is 123 Å². The van der Waals surface area contributed by atoms with Gasteiger partial charge in [-0.2, -0.15) is 5.26 Å². The van der Waals surface area contributed by atoms with Crippen molar-refractivity contribution in [1.82, 2.24) is 0 Å². The molecular weight excluding hydrogens is 863 g/mol. The number of hydrogen-bond donors (Lipinski definition) is 1. The maximum Gasteiger partial charge on any atom is 0.346 e. The van der Waals surface area contributed by atoms with Crippen LogP contribution in [0.15, 0.2) is 115 Å². The highest BCUT2D eigenvalue weighted by Gasteiger charge is 2.22. The van der Waals surface area contributed by atoms with Gasteiger partial charge in [-0.15, -0.1) is 56.7 Å². The molecule has 0 radical (unpaired) electrons. The summed E-state index contributed by atoms with van der Waals surface area (Å²) < 4.78 is 17.9. The van der Waals surface area contributed by atoms with Crippen LogP contribution in [0.25, 0.3) is 66.5 Å². The van der Waals surface area contributed by atoms with E-state index in [-0.39, 0.29) is 5.57 Å². The molecular formula is C52H47NO4S5. The van der Waals surface area contributed by atoms with Crippen LogP contribution in [-0.4, -0.2) is 24.3 Å². The van der Waals surface area contributed by atoms with Gasteiger partial charge >= 0.3 is 5.97 Å². The number of hydrogen-bond acceptors (Lipinski definition) is 9. The van der Waals surface area contributed by atoms with Crippen LogP contribution in [-0.2, 0) is 4.79 Å². The van der Waals surface area contributed by atoms with Crippen LogP contribution in [0.1, 0.15) is 86.8 Å². The Morgan fingerprint density at radius 3 is 1.79 bits per heavy atom. The lowest BCUT2D eigenvalue weighted by Crippen LogP contribution is -1.97. The van der Waals surface area contributed by atoms with Gasteiger partial charge in [0.2, 0.25) is 0 Å². The molecule has 5 heterocycles. The zero-order valence-electron chi connectivity index (χ0n) is 34.8. The van der Waals surface area contributed by atoms with Gasteiger partial charge in [-0.25, -0.2) is 4.79 Å². The summed E-state index contributed by atoms with van der Waals surface area (Å²) in [5, 5.41) is 18.7. The van der Waals surface area contributed by atoms with Crippen LogP contribution < -0.4 is 9.47 Å². The van der Waals surface area contributed by atoms with Crippen molar-refractivity contribution in [2.75, 3.05) is 13.2 Å². The Kier molecular flexibility index (Phi) is 14.5. The lowest BCUT2D eigenvalue weighted by Gasteiger charge is -2.10. The van der Waals surface area contributed by atoms with Gasteiger partial charge in [0.1, 0.15) is 23.1 Å². The molecule has 0 unspecified atom stereocenters. The average Bonchev–Trinajstić information content (AvgIpc) is 4.13. The molecule has 8 aromatic rings. The molecule has 0 fully saturated rings. The number of nitrogens with zero attached hydrogens (tertiary/aromatic N) is 1. The first-order valence-electron chi connectivity index (χ1n) is 21.2. The summed E-state index contributed by atoms with van der Waals surface area (Å²) in [6.45, 7) is 5.80. The minimum absolute atomic E-state index is 0.262.